The molecule has 0 saturated carbocycles. The second kappa shape index (κ2) is 4.71. The Labute approximate surface area is 107 Å². The van der Waals surface area contributed by atoms with Crippen LogP contribution in [0.4, 0.5) is 0 Å². The molecule has 98 valence electrons. The van der Waals surface area contributed by atoms with Gasteiger partial charge in [-0.15, -0.1) is 0 Å². The molecule has 0 amide bonds. The zero-order valence-electron chi connectivity index (χ0n) is 10.9. The van der Waals surface area contributed by atoms with Crippen LogP contribution in [0.25, 0.3) is 0 Å². The third kappa shape index (κ3) is 2.40. The first-order chi connectivity index (χ1) is 8.48. The molecule has 1 aliphatic heterocycles. The highest BCUT2D eigenvalue weighted by atomic mass is 16.6. The van der Waals surface area contributed by atoms with Crippen molar-refractivity contribution in [2.75, 3.05) is 13.2 Å². The van der Waals surface area contributed by atoms with Crippen LogP contribution in [0.2, 0.25) is 0 Å². The van der Waals surface area contributed by atoms with Gasteiger partial charge in [-0.05, 0) is 18.6 Å². The summed E-state index contributed by atoms with van der Waals surface area (Å²) in [7, 11) is 0. The highest BCUT2D eigenvalue weighted by molar-refractivity contribution is 5.75. The first kappa shape index (κ1) is 13.1. The van der Waals surface area contributed by atoms with Crippen molar-refractivity contribution in [1.82, 2.24) is 0 Å². The molecule has 1 aromatic carbocycles. The number of rotatable bonds is 4. The highest BCUT2D eigenvalue weighted by Crippen LogP contribution is 2.43. The largest absolute Gasteiger partial charge is 0.426 e. The molecular formula is C14H18O4. The molecule has 1 heterocycles. The van der Waals surface area contributed by atoms with Crippen molar-refractivity contribution in [2.45, 2.75) is 26.4 Å². The van der Waals surface area contributed by atoms with Crippen LogP contribution in [-0.4, -0.2) is 24.3 Å². The predicted octanol–water partition coefficient (Wildman–Crippen LogP) is 1.77. The lowest BCUT2D eigenvalue weighted by atomic mass is 9.98. The minimum absolute atomic E-state index is 0.109. The average Bonchev–Trinajstić information content (AvgIpc) is 3.10. The monoisotopic (exact) mass is 250 g/mol. The summed E-state index contributed by atoms with van der Waals surface area (Å²) in [5.74, 6) is 0.0133. The van der Waals surface area contributed by atoms with Crippen molar-refractivity contribution < 1.29 is 19.4 Å². The minimum Gasteiger partial charge on any atom is -0.426 e. The molecule has 1 N–H and O–H groups in total. The molecule has 0 radical (unpaired) electrons. The molecule has 1 fully saturated rings. The molecule has 18 heavy (non-hydrogen) atoms. The van der Waals surface area contributed by atoms with Gasteiger partial charge in [0.1, 0.15) is 11.4 Å². The van der Waals surface area contributed by atoms with Crippen LogP contribution >= 0.6 is 0 Å². The molecule has 2 rings (SSSR count). The van der Waals surface area contributed by atoms with E-state index in [9.17, 15) is 9.90 Å². The first-order valence-corrected chi connectivity index (χ1v) is 6.06. The maximum Gasteiger partial charge on any atom is 0.313 e. The second-order valence-corrected chi connectivity index (χ2v) is 5.02. The van der Waals surface area contributed by atoms with Gasteiger partial charge in [-0.1, -0.05) is 26.0 Å². The Balaban J connectivity index is 2.33. The standard InChI is InChI=1S/C14H18O4/c1-9(2)13(16)18-12-6-10(3)4-5-11(12)14(7-15)8-17-14/h4-6,9,15H,7-8H2,1-3H3/t14-/m0/s1. The van der Waals surface area contributed by atoms with Gasteiger partial charge in [-0.25, -0.2) is 0 Å². The van der Waals surface area contributed by atoms with Crippen LogP contribution in [0.1, 0.15) is 25.0 Å². The summed E-state index contributed by atoms with van der Waals surface area (Å²) in [6, 6.07) is 5.57. The molecular weight excluding hydrogens is 232 g/mol. The lowest BCUT2D eigenvalue weighted by Crippen LogP contribution is -2.20. The lowest BCUT2D eigenvalue weighted by molar-refractivity contribution is -0.137. The molecule has 0 bridgehead atoms. The van der Waals surface area contributed by atoms with Crippen molar-refractivity contribution in [3.63, 3.8) is 0 Å². The SMILES string of the molecule is Cc1ccc([C@]2(CO)CO2)c(OC(=O)C(C)C)c1. The smallest absolute Gasteiger partial charge is 0.313 e. The van der Waals surface area contributed by atoms with Crippen LogP contribution < -0.4 is 4.74 Å². The quantitative estimate of drug-likeness (QED) is 0.502. The van der Waals surface area contributed by atoms with Crippen LogP contribution in [0.3, 0.4) is 0 Å². The Bertz CT molecular complexity index is 461. The fourth-order valence-corrected chi connectivity index (χ4v) is 1.74. The van der Waals surface area contributed by atoms with E-state index in [0.29, 0.717) is 12.4 Å². The van der Waals surface area contributed by atoms with Crippen molar-refractivity contribution in [3.8, 4) is 5.75 Å². The van der Waals surface area contributed by atoms with Crippen LogP contribution in [0, 0.1) is 12.8 Å². The van der Waals surface area contributed by atoms with Crippen molar-refractivity contribution >= 4 is 5.97 Å². The number of esters is 1. The number of aliphatic hydroxyl groups is 1. The fraction of sp³-hybridized carbons (Fsp3) is 0.500. The molecule has 0 aliphatic carbocycles. The van der Waals surface area contributed by atoms with Crippen molar-refractivity contribution in [3.05, 3.63) is 29.3 Å². The van der Waals surface area contributed by atoms with Gasteiger partial charge in [0.15, 0.2) is 0 Å². The molecule has 4 nitrogen and oxygen atoms in total. The number of carbonyl (C=O) groups excluding carboxylic acids is 1. The zero-order chi connectivity index (χ0) is 13.3. The number of ether oxygens (including phenoxy) is 2. The molecule has 1 aromatic rings. The molecule has 1 atom stereocenters. The Morgan fingerprint density at radius 3 is 2.72 bits per heavy atom. The van der Waals surface area contributed by atoms with Crippen LogP contribution in [-0.2, 0) is 15.1 Å². The summed E-state index contributed by atoms with van der Waals surface area (Å²) >= 11 is 0. The summed E-state index contributed by atoms with van der Waals surface area (Å²) in [4.78, 5) is 11.7. The average molecular weight is 250 g/mol. The van der Waals surface area contributed by atoms with Crippen molar-refractivity contribution in [1.29, 1.82) is 0 Å². The van der Waals surface area contributed by atoms with E-state index in [1.165, 1.54) is 0 Å². The Morgan fingerprint density at radius 2 is 2.22 bits per heavy atom. The van der Waals surface area contributed by atoms with E-state index in [1.54, 1.807) is 19.9 Å². The van der Waals surface area contributed by atoms with Gasteiger partial charge < -0.3 is 14.6 Å². The van der Waals surface area contributed by atoms with Gasteiger partial charge in [0, 0.05) is 5.56 Å². The fourth-order valence-electron chi connectivity index (χ4n) is 1.74. The number of benzene rings is 1. The third-order valence-electron chi connectivity index (χ3n) is 3.06. The molecule has 0 spiro atoms. The normalized spacial score (nSPS) is 22.1. The zero-order valence-corrected chi connectivity index (χ0v) is 10.9. The minimum atomic E-state index is -0.680. The summed E-state index contributed by atoms with van der Waals surface area (Å²) in [5.41, 5.74) is 1.06. The molecule has 0 aromatic heterocycles. The van der Waals surface area contributed by atoms with Gasteiger partial charge in [0.2, 0.25) is 0 Å². The molecule has 0 unspecified atom stereocenters. The van der Waals surface area contributed by atoms with E-state index < -0.39 is 5.60 Å². The summed E-state index contributed by atoms with van der Waals surface area (Å²) in [6.07, 6.45) is 0. The second-order valence-electron chi connectivity index (χ2n) is 5.02. The van der Waals surface area contributed by atoms with Gasteiger partial charge in [-0.2, -0.15) is 0 Å². The van der Waals surface area contributed by atoms with Gasteiger partial charge in [-0.3, -0.25) is 4.79 Å². The number of epoxide rings is 1. The Kier molecular flexibility index (Phi) is 3.41. The molecule has 1 aliphatic rings. The predicted molar refractivity (Wildman–Crippen MR) is 66.4 cm³/mol. The lowest BCUT2D eigenvalue weighted by Gasteiger charge is -2.16. The van der Waals surface area contributed by atoms with Crippen LogP contribution in [0.5, 0.6) is 5.75 Å². The maximum atomic E-state index is 11.7. The number of hydrogen-bond acceptors (Lipinski definition) is 4. The Morgan fingerprint density at radius 1 is 1.56 bits per heavy atom. The van der Waals surface area contributed by atoms with E-state index in [0.717, 1.165) is 11.1 Å². The van der Waals surface area contributed by atoms with E-state index in [2.05, 4.69) is 0 Å². The summed E-state index contributed by atoms with van der Waals surface area (Å²) < 4.78 is 10.7. The van der Waals surface area contributed by atoms with E-state index in [1.807, 2.05) is 19.1 Å². The topological polar surface area (TPSA) is 59.1 Å². The van der Waals surface area contributed by atoms with Gasteiger partial charge >= 0.3 is 5.97 Å². The summed E-state index contributed by atoms with van der Waals surface area (Å²) in [5, 5.41) is 9.38. The first-order valence-electron chi connectivity index (χ1n) is 6.06. The third-order valence-corrected chi connectivity index (χ3v) is 3.06. The number of aliphatic hydroxyl groups excluding tert-OH is 1. The number of hydrogen-bond donors (Lipinski definition) is 1. The van der Waals surface area contributed by atoms with E-state index in [4.69, 9.17) is 9.47 Å². The van der Waals surface area contributed by atoms with E-state index in [-0.39, 0.29) is 18.5 Å². The summed E-state index contributed by atoms with van der Waals surface area (Å²) in [6.45, 7) is 5.84. The van der Waals surface area contributed by atoms with E-state index >= 15 is 0 Å². The highest BCUT2D eigenvalue weighted by Gasteiger charge is 2.48. The number of aryl methyl sites for hydroxylation is 1. The Hall–Kier alpha value is -1.39. The number of carbonyl (C=O) groups is 1. The van der Waals surface area contributed by atoms with Crippen molar-refractivity contribution in [2.24, 2.45) is 5.92 Å². The van der Waals surface area contributed by atoms with Gasteiger partial charge in [0.05, 0.1) is 19.1 Å². The molecule has 1 saturated heterocycles. The van der Waals surface area contributed by atoms with Gasteiger partial charge in [0.25, 0.3) is 0 Å². The molecule has 4 heteroatoms. The van der Waals surface area contributed by atoms with Crippen LogP contribution in [0.15, 0.2) is 18.2 Å². The maximum absolute atomic E-state index is 11.7.